The number of hydrogen-bond acceptors (Lipinski definition) is 6. The largest absolute Gasteiger partial charge is 0.467 e. The van der Waals surface area contributed by atoms with Crippen molar-refractivity contribution in [2.75, 3.05) is 7.11 Å². The molecule has 0 unspecified atom stereocenters. The molecule has 0 radical (unpaired) electrons. The number of methoxy groups -OCH3 is 1. The summed E-state index contributed by atoms with van der Waals surface area (Å²) in [6.45, 7) is 5.41. The molecule has 1 amide bonds. The van der Waals surface area contributed by atoms with Crippen LogP contribution in [0, 0.1) is 0 Å². The van der Waals surface area contributed by atoms with Gasteiger partial charge >= 0.3 is 18.0 Å². The van der Waals surface area contributed by atoms with Gasteiger partial charge < -0.3 is 14.2 Å². The van der Waals surface area contributed by atoms with Crippen LogP contribution < -0.4 is 0 Å². The van der Waals surface area contributed by atoms with Crippen LogP contribution in [0.25, 0.3) is 0 Å². The molecule has 2 atom stereocenters. The monoisotopic (exact) mass is 377 g/mol. The Balaban J connectivity index is 2.02. The third kappa shape index (κ3) is 5.98. The fraction of sp³-hybridized carbons (Fsp3) is 0.550. The smallest absolute Gasteiger partial charge is 0.411 e. The maximum atomic E-state index is 12.6. The second-order valence-corrected chi connectivity index (χ2v) is 7.51. The maximum Gasteiger partial charge on any atom is 0.411 e. The summed E-state index contributed by atoms with van der Waals surface area (Å²) in [5.74, 6) is -0.941. The van der Waals surface area contributed by atoms with E-state index in [1.54, 1.807) is 20.8 Å². The number of carbonyl (C=O) groups excluding carboxylic acids is 3. The van der Waals surface area contributed by atoms with Gasteiger partial charge in [0.15, 0.2) is 0 Å². The molecule has 1 fully saturated rings. The average molecular weight is 377 g/mol. The lowest BCUT2D eigenvalue weighted by molar-refractivity contribution is -0.149. The Hall–Kier alpha value is -2.57. The van der Waals surface area contributed by atoms with E-state index >= 15 is 0 Å². The first kappa shape index (κ1) is 20.7. The van der Waals surface area contributed by atoms with E-state index in [2.05, 4.69) is 0 Å². The van der Waals surface area contributed by atoms with Crippen LogP contribution in [-0.4, -0.2) is 47.7 Å². The van der Waals surface area contributed by atoms with E-state index in [9.17, 15) is 14.4 Å². The Morgan fingerprint density at radius 1 is 1.11 bits per heavy atom. The number of nitrogens with zero attached hydrogens (tertiary/aromatic N) is 1. The summed E-state index contributed by atoms with van der Waals surface area (Å²) in [5, 5.41) is 0. The lowest BCUT2D eigenvalue weighted by Crippen LogP contribution is -2.48. The predicted molar refractivity (Wildman–Crippen MR) is 97.8 cm³/mol. The zero-order valence-corrected chi connectivity index (χ0v) is 16.3. The first-order valence-corrected chi connectivity index (χ1v) is 9.00. The van der Waals surface area contributed by atoms with Crippen molar-refractivity contribution in [3.8, 4) is 0 Å². The van der Waals surface area contributed by atoms with Gasteiger partial charge in [-0.3, -0.25) is 9.69 Å². The summed E-state index contributed by atoms with van der Waals surface area (Å²) in [7, 11) is 1.27. The van der Waals surface area contributed by atoms with E-state index < -0.39 is 35.7 Å². The van der Waals surface area contributed by atoms with E-state index in [0.29, 0.717) is 12.8 Å². The molecule has 1 aromatic rings. The van der Waals surface area contributed by atoms with Crippen molar-refractivity contribution in [1.82, 2.24) is 4.90 Å². The van der Waals surface area contributed by atoms with Gasteiger partial charge in [0.2, 0.25) is 0 Å². The van der Waals surface area contributed by atoms with Crippen molar-refractivity contribution in [3.05, 3.63) is 35.9 Å². The van der Waals surface area contributed by atoms with Gasteiger partial charge in [-0.2, -0.15) is 0 Å². The van der Waals surface area contributed by atoms with E-state index in [1.165, 1.54) is 12.0 Å². The number of benzene rings is 1. The van der Waals surface area contributed by atoms with E-state index in [0.717, 1.165) is 5.56 Å². The molecule has 7 nitrogen and oxygen atoms in total. The van der Waals surface area contributed by atoms with Crippen LogP contribution in [0.15, 0.2) is 30.3 Å². The van der Waals surface area contributed by atoms with Crippen LogP contribution in [0.1, 0.15) is 45.6 Å². The molecule has 1 aliphatic heterocycles. The summed E-state index contributed by atoms with van der Waals surface area (Å²) < 4.78 is 15.5. The topological polar surface area (TPSA) is 82.1 Å². The highest BCUT2D eigenvalue weighted by Crippen LogP contribution is 2.29. The summed E-state index contributed by atoms with van der Waals surface area (Å²) >= 11 is 0. The van der Waals surface area contributed by atoms with Crippen LogP contribution in [0.3, 0.4) is 0 Å². The lowest BCUT2D eigenvalue weighted by Gasteiger charge is -2.31. The molecule has 0 aliphatic carbocycles. The number of hydrogen-bond donors (Lipinski definition) is 0. The number of ether oxygens (including phenoxy) is 3. The van der Waals surface area contributed by atoms with Gasteiger partial charge in [0, 0.05) is 6.04 Å². The molecular formula is C20H27NO6. The molecule has 0 bridgehead atoms. The second kappa shape index (κ2) is 8.88. The molecule has 0 aromatic heterocycles. The molecule has 0 spiro atoms. The molecule has 1 aromatic carbocycles. The van der Waals surface area contributed by atoms with Crippen LogP contribution in [0.5, 0.6) is 0 Å². The normalized spacial score (nSPS) is 19.5. The lowest BCUT2D eigenvalue weighted by atomic mass is 10.1. The van der Waals surface area contributed by atoms with Crippen LogP contribution in [0.2, 0.25) is 0 Å². The van der Waals surface area contributed by atoms with Gasteiger partial charge in [-0.1, -0.05) is 30.3 Å². The molecular weight excluding hydrogens is 350 g/mol. The Morgan fingerprint density at radius 2 is 1.78 bits per heavy atom. The minimum Gasteiger partial charge on any atom is -0.467 e. The SMILES string of the molecule is COC(=O)[C@@H]1CC[C@H](CC(=O)OCc2ccccc2)N1C(=O)OC(C)(C)C. The molecule has 1 heterocycles. The number of rotatable bonds is 5. The van der Waals surface area contributed by atoms with E-state index in [1.807, 2.05) is 30.3 Å². The Kier molecular flexibility index (Phi) is 6.82. The van der Waals surface area contributed by atoms with Crippen LogP contribution in [0.4, 0.5) is 4.79 Å². The van der Waals surface area contributed by atoms with Gasteiger partial charge in [0.05, 0.1) is 13.5 Å². The summed E-state index contributed by atoms with van der Waals surface area (Å²) in [4.78, 5) is 38.2. The van der Waals surface area contributed by atoms with Crippen molar-refractivity contribution < 1.29 is 28.6 Å². The number of amides is 1. The molecule has 2 rings (SSSR count). The van der Waals surface area contributed by atoms with Crippen molar-refractivity contribution in [3.63, 3.8) is 0 Å². The highest BCUT2D eigenvalue weighted by atomic mass is 16.6. The number of esters is 2. The summed E-state index contributed by atoms with van der Waals surface area (Å²) in [6, 6.07) is 8.13. The molecule has 1 aliphatic rings. The van der Waals surface area contributed by atoms with Crippen molar-refractivity contribution in [2.24, 2.45) is 0 Å². The van der Waals surface area contributed by atoms with Gasteiger partial charge in [-0.25, -0.2) is 9.59 Å². The van der Waals surface area contributed by atoms with Crippen molar-refractivity contribution in [2.45, 2.75) is 64.3 Å². The summed E-state index contributed by atoms with van der Waals surface area (Å²) in [6.07, 6.45) is 0.290. The van der Waals surface area contributed by atoms with Crippen LogP contribution in [-0.2, 0) is 30.4 Å². The predicted octanol–water partition coefficient (Wildman–Crippen LogP) is 3.06. The van der Waals surface area contributed by atoms with Gasteiger partial charge in [-0.15, -0.1) is 0 Å². The molecule has 1 saturated heterocycles. The average Bonchev–Trinajstić information content (AvgIpc) is 3.02. The molecule has 148 valence electrons. The van der Waals surface area contributed by atoms with Gasteiger partial charge in [0.1, 0.15) is 18.2 Å². The Bertz CT molecular complexity index is 667. The zero-order chi connectivity index (χ0) is 20.0. The minimum atomic E-state index is -0.753. The standard InChI is InChI=1S/C20H27NO6/c1-20(2,3)27-19(24)21-15(10-11-16(21)18(23)25-4)12-17(22)26-13-14-8-6-5-7-9-14/h5-9,15-16H,10-13H2,1-4H3/t15-,16+/m1/s1. The third-order valence-electron chi connectivity index (χ3n) is 4.23. The minimum absolute atomic E-state index is 0.000426. The fourth-order valence-electron chi connectivity index (χ4n) is 3.03. The van der Waals surface area contributed by atoms with Crippen LogP contribution >= 0.6 is 0 Å². The Labute approximate surface area is 159 Å². The Morgan fingerprint density at radius 3 is 2.37 bits per heavy atom. The number of carbonyl (C=O) groups is 3. The molecule has 27 heavy (non-hydrogen) atoms. The number of likely N-dealkylation sites (tertiary alicyclic amines) is 1. The maximum absolute atomic E-state index is 12.6. The van der Waals surface area contributed by atoms with Gasteiger partial charge in [-0.05, 0) is 39.2 Å². The summed E-state index contributed by atoms with van der Waals surface area (Å²) in [5.41, 5.74) is 0.173. The van der Waals surface area contributed by atoms with E-state index in [4.69, 9.17) is 14.2 Å². The van der Waals surface area contributed by atoms with Gasteiger partial charge in [0.25, 0.3) is 0 Å². The van der Waals surface area contributed by atoms with E-state index in [-0.39, 0.29) is 13.0 Å². The second-order valence-electron chi connectivity index (χ2n) is 7.51. The van der Waals surface area contributed by atoms with Crippen molar-refractivity contribution in [1.29, 1.82) is 0 Å². The quantitative estimate of drug-likeness (QED) is 0.579. The molecule has 0 saturated carbocycles. The highest BCUT2D eigenvalue weighted by Gasteiger charge is 2.44. The molecule has 7 heteroatoms. The fourth-order valence-corrected chi connectivity index (χ4v) is 3.03. The first-order chi connectivity index (χ1) is 12.7. The highest BCUT2D eigenvalue weighted by molar-refractivity contribution is 5.83. The van der Waals surface area contributed by atoms with Crippen molar-refractivity contribution >= 4 is 18.0 Å². The molecule has 0 N–H and O–H groups in total. The first-order valence-electron chi connectivity index (χ1n) is 9.00. The zero-order valence-electron chi connectivity index (χ0n) is 16.3. The third-order valence-corrected chi connectivity index (χ3v) is 4.23.